The van der Waals surface area contributed by atoms with Crippen molar-refractivity contribution < 1.29 is 8.78 Å². The second kappa shape index (κ2) is 5.68. The van der Waals surface area contributed by atoms with E-state index in [0.717, 1.165) is 0 Å². The van der Waals surface area contributed by atoms with Crippen molar-refractivity contribution in [3.05, 3.63) is 64.2 Å². The van der Waals surface area contributed by atoms with Crippen molar-refractivity contribution in [2.24, 2.45) is 0 Å². The molecule has 0 bridgehead atoms. The van der Waals surface area contributed by atoms with Crippen LogP contribution in [0.25, 0.3) is 0 Å². The quantitative estimate of drug-likeness (QED) is 0.917. The molecule has 2 nitrogen and oxygen atoms in total. The Labute approximate surface area is 114 Å². The Morgan fingerprint density at radius 2 is 1.95 bits per heavy atom. The number of hydrogen-bond donors (Lipinski definition) is 1. The van der Waals surface area contributed by atoms with Crippen molar-refractivity contribution in [3.8, 4) is 6.07 Å². The standard InChI is InChI=1S/C14H9ClF2N2/c15-11-5-4-9(6-13(11)17)8-19-14-3-1-2-12(16)10(14)7-18/h1-6,19H,8H2. The molecular formula is C14H9ClF2N2. The maximum atomic E-state index is 13.4. The first-order chi connectivity index (χ1) is 9.11. The predicted octanol–water partition coefficient (Wildman–Crippen LogP) is 4.10. The van der Waals surface area contributed by atoms with Crippen molar-refractivity contribution in [2.45, 2.75) is 6.54 Å². The Hall–Kier alpha value is -2.12. The van der Waals surface area contributed by atoms with Gasteiger partial charge >= 0.3 is 0 Å². The average Bonchev–Trinajstić information content (AvgIpc) is 2.40. The van der Waals surface area contributed by atoms with Gasteiger partial charge in [0.25, 0.3) is 0 Å². The highest BCUT2D eigenvalue weighted by molar-refractivity contribution is 6.30. The first-order valence-corrected chi connectivity index (χ1v) is 5.86. The van der Waals surface area contributed by atoms with Crippen molar-refractivity contribution in [1.29, 1.82) is 5.26 Å². The number of anilines is 1. The topological polar surface area (TPSA) is 35.8 Å². The number of nitrogens with zero attached hydrogens (tertiary/aromatic N) is 1. The second-order valence-corrected chi connectivity index (χ2v) is 4.28. The van der Waals surface area contributed by atoms with Crippen LogP contribution in [0.2, 0.25) is 5.02 Å². The summed E-state index contributed by atoms with van der Waals surface area (Å²) in [6, 6.07) is 10.5. The first-order valence-electron chi connectivity index (χ1n) is 5.48. The molecule has 0 amide bonds. The van der Waals surface area contributed by atoms with Gasteiger partial charge in [-0.3, -0.25) is 0 Å². The van der Waals surface area contributed by atoms with Crippen LogP contribution in [0.5, 0.6) is 0 Å². The van der Waals surface area contributed by atoms with E-state index in [1.165, 1.54) is 24.3 Å². The molecule has 0 radical (unpaired) electrons. The Balaban J connectivity index is 2.17. The Morgan fingerprint density at radius 1 is 1.16 bits per heavy atom. The monoisotopic (exact) mass is 278 g/mol. The lowest BCUT2D eigenvalue weighted by Gasteiger charge is -2.09. The zero-order valence-corrected chi connectivity index (χ0v) is 10.5. The van der Waals surface area contributed by atoms with Gasteiger partial charge in [0.2, 0.25) is 0 Å². The van der Waals surface area contributed by atoms with Crippen LogP contribution in [0, 0.1) is 23.0 Å². The van der Waals surface area contributed by atoms with Gasteiger partial charge in [0.15, 0.2) is 0 Å². The minimum atomic E-state index is -0.588. The molecule has 5 heteroatoms. The van der Waals surface area contributed by atoms with E-state index in [9.17, 15) is 8.78 Å². The molecule has 0 saturated carbocycles. The third kappa shape index (κ3) is 3.01. The van der Waals surface area contributed by atoms with Crippen LogP contribution in [0.15, 0.2) is 36.4 Å². The lowest BCUT2D eigenvalue weighted by molar-refractivity contribution is 0.623. The third-order valence-electron chi connectivity index (χ3n) is 2.59. The van der Waals surface area contributed by atoms with E-state index in [4.69, 9.17) is 16.9 Å². The molecule has 0 fully saturated rings. The molecule has 0 saturated heterocycles. The Kier molecular flexibility index (Phi) is 3.98. The van der Waals surface area contributed by atoms with Gasteiger partial charge < -0.3 is 5.32 Å². The molecule has 96 valence electrons. The highest BCUT2D eigenvalue weighted by Gasteiger charge is 2.07. The summed E-state index contributed by atoms with van der Waals surface area (Å²) in [5.41, 5.74) is 0.963. The van der Waals surface area contributed by atoms with Gasteiger partial charge in [-0.25, -0.2) is 8.78 Å². The molecule has 0 aliphatic rings. The lowest BCUT2D eigenvalue weighted by atomic mass is 10.1. The van der Waals surface area contributed by atoms with Crippen molar-refractivity contribution >= 4 is 17.3 Å². The van der Waals surface area contributed by atoms with Crippen LogP contribution in [-0.4, -0.2) is 0 Å². The first kappa shape index (κ1) is 13.3. The van der Waals surface area contributed by atoms with E-state index in [2.05, 4.69) is 5.32 Å². The summed E-state index contributed by atoms with van der Waals surface area (Å²) in [7, 11) is 0. The SMILES string of the molecule is N#Cc1c(F)cccc1NCc1ccc(Cl)c(F)c1. The highest BCUT2D eigenvalue weighted by Crippen LogP contribution is 2.20. The van der Waals surface area contributed by atoms with Gasteiger partial charge in [-0.1, -0.05) is 23.7 Å². The maximum Gasteiger partial charge on any atom is 0.143 e. The minimum absolute atomic E-state index is 0.0484. The second-order valence-electron chi connectivity index (χ2n) is 3.88. The summed E-state index contributed by atoms with van der Waals surface area (Å²) in [4.78, 5) is 0. The van der Waals surface area contributed by atoms with Gasteiger partial charge in [0, 0.05) is 6.54 Å². The average molecular weight is 279 g/mol. The smallest absolute Gasteiger partial charge is 0.143 e. The predicted molar refractivity (Wildman–Crippen MR) is 69.9 cm³/mol. The van der Waals surface area contributed by atoms with E-state index in [1.807, 2.05) is 0 Å². The zero-order valence-electron chi connectivity index (χ0n) is 9.75. The fourth-order valence-electron chi connectivity index (χ4n) is 1.63. The molecule has 1 N–H and O–H groups in total. The van der Waals surface area contributed by atoms with E-state index >= 15 is 0 Å². The van der Waals surface area contributed by atoms with Crippen LogP contribution < -0.4 is 5.32 Å². The molecule has 0 aliphatic heterocycles. The molecular weight excluding hydrogens is 270 g/mol. The van der Waals surface area contributed by atoms with Crippen LogP contribution >= 0.6 is 11.6 Å². The number of rotatable bonds is 3. The summed E-state index contributed by atoms with van der Waals surface area (Å²) in [5.74, 6) is -1.10. The lowest BCUT2D eigenvalue weighted by Crippen LogP contribution is -2.02. The van der Waals surface area contributed by atoms with Gasteiger partial charge in [0.1, 0.15) is 23.3 Å². The molecule has 2 aromatic rings. The molecule has 0 aliphatic carbocycles. The van der Waals surface area contributed by atoms with Crippen LogP contribution in [-0.2, 0) is 6.54 Å². The normalized spacial score (nSPS) is 10.0. The molecule has 2 aromatic carbocycles. The van der Waals surface area contributed by atoms with Crippen molar-refractivity contribution in [2.75, 3.05) is 5.32 Å². The summed E-state index contributed by atoms with van der Waals surface area (Å²) in [6.07, 6.45) is 0. The minimum Gasteiger partial charge on any atom is -0.380 e. The van der Waals surface area contributed by atoms with E-state index in [-0.39, 0.29) is 17.1 Å². The van der Waals surface area contributed by atoms with Gasteiger partial charge in [-0.2, -0.15) is 5.26 Å². The Morgan fingerprint density at radius 3 is 2.63 bits per heavy atom. The van der Waals surface area contributed by atoms with E-state index in [1.54, 1.807) is 18.2 Å². The zero-order chi connectivity index (χ0) is 13.8. The van der Waals surface area contributed by atoms with Gasteiger partial charge in [-0.05, 0) is 29.8 Å². The van der Waals surface area contributed by atoms with E-state index < -0.39 is 11.6 Å². The fourth-order valence-corrected chi connectivity index (χ4v) is 1.75. The van der Waals surface area contributed by atoms with Crippen LogP contribution in [0.3, 0.4) is 0 Å². The molecule has 0 heterocycles. The van der Waals surface area contributed by atoms with Gasteiger partial charge in [0.05, 0.1) is 10.7 Å². The molecule has 0 atom stereocenters. The van der Waals surface area contributed by atoms with Crippen molar-refractivity contribution in [3.63, 3.8) is 0 Å². The van der Waals surface area contributed by atoms with E-state index in [0.29, 0.717) is 11.3 Å². The molecule has 0 spiro atoms. The molecule has 0 unspecified atom stereocenters. The molecule has 19 heavy (non-hydrogen) atoms. The van der Waals surface area contributed by atoms with Crippen LogP contribution in [0.4, 0.5) is 14.5 Å². The highest BCUT2D eigenvalue weighted by atomic mass is 35.5. The summed E-state index contributed by atoms with van der Waals surface area (Å²) >= 11 is 5.58. The summed E-state index contributed by atoms with van der Waals surface area (Å²) in [6.45, 7) is 0.270. The van der Waals surface area contributed by atoms with Crippen LogP contribution in [0.1, 0.15) is 11.1 Å². The number of nitriles is 1. The summed E-state index contributed by atoms with van der Waals surface area (Å²) < 4.78 is 26.6. The number of hydrogen-bond acceptors (Lipinski definition) is 2. The maximum absolute atomic E-state index is 13.4. The largest absolute Gasteiger partial charge is 0.380 e. The molecule has 2 rings (SSSR count). The third-order valence-corrected chi connectivity index (χ3v) is 2.90. The Bertz CT molecular complexity index is 650. The fraction of sp³-hybridized carbons (Fsp3) is 0.0714. The molecule has 0 aromatic heterocycles. The number of halogens is 3. The number of nitrogens with one attached hydrogen (secondary N) is 1. The van der Waals surface area contributed by atoms with Crippen molar-refractivity contribution in [1.82, 2.24) is 0 Å². The van der Waals surface area contributed by atoms with Gasteiger partial charge in [-0.15, -0.1) is 0 Å². The summed E-state index contributed by atoms with van der Waals surface area (Å²) in [5, 5.41) is 11.8. The number of benzene rings is 2.